The quantitative estimate of drug-likeness (QED) is 0.815. The lowest BCUT2D eigenvalue weighted by Crippen LogP contribution is -2.27. The average Bonchev–Trinajstić information content (AvgIpc) is 2.90. The zero-order chi connectivity index (χ0) is 13.2. The zero-order valence-corrected chi connectivity index (χ0v) is 10.8. The first-order chi connectivity index (χ1) is 9.28. The third kappa shape index (κ3) is 2.31. The molecule has 1 aliphatic heterocycles. The van der Waals surface area contributed by atoms with Gasteiger partial charge in [-0.2, -0.15) is 5.10 Å². The molecule has 6 heteroatoms. The van der Waals surface area contributed by atoms with Crippen LogP contribution in [-0.2, 0) is 4.74 Å². The highest BCUT2D eigenvalue weighted by Crippen LogP contribution is 2.22. The number of nitrogens with one attached hydrogen (secondary N) is 1. The molecule has 0 radical (unpaired) electrons. The summed E-state index contributed by atoms with van der Waals surface area (Å²) >= 11 is 0. The molecule has 0 saturated carbocycles. The lowest BCUT2D eigenvalue weighted by molar-refractivity contribution is 0.0600. The molecule has 2 aromatic rings. The van der Waals surface area contributed by atoms with Gasteiger partial charge in [-0.15, -0.1) is 0 Å². The average molecular weight is 260 g/mol. The smallest absolute Gasteiger partial charge is 0.339 e. The van der Waals surface area contributed by atoms with Crippen LogP contribution in [-0.4, -0.2) is 40.8 Å². The fraction of sp³-hybridized carbons (Fsp3) is 0.462. The van der Waals surface area contributed by atoms with Gasteiger partial charge in [-0.25, -0.2) is 14.3 Å². The molecule has 0 aliphatic carbocycles. The summed E-state index contributed by atoms with van der Waals surface area (Å²) in [7, 11) is 1.37. The first kappa shape index (κ1) is 12.1. The monoisotopic (exact) mass is 260 g/mol. The van der Waals surface area contributed by atoms with Crippen LogP contribution in [0, 0.1) is 0 Å². The Labute approximate surface area is 110 Å². The molecular weight excluding hydrogens is 244 g/mol. The normalized spacial score (nSPS) is 16.7. The van der Waals surface area contributed by atoms with Crippen LogP contribution in [0.4, 0.5) is 0 Å². The van der Waals surface area contributed by atoms with Crippen LogP contribution in [0.1, 0.15) is 34.9 Å². The minimum absolute atomic E-state index is 0.360. The number of carbonyl (C=O) groups excluding carboxylic acids is 1. The third-order valence-electron chi connectivity index (χ3n) is 3.47. The molecule has 100 valence electrons. The van der Waals surface area contributed by atoms with Crippen molar-refractivity contribution in [2.75, 3.05) is 20.2 Å². The van der Waals surface area contributed by atoms with Gasteiger partial charge < -0.3 is 10.1 Å². The molecule has 0 atom stereocenters. The van der Waals surface area contributed by atoms with Crippen LogP contribution >= 0.6 is 0 Å². The molecule has 1 fully saturated rings. The Morgan fingerprint density at radius 1 is 1.42 bits per heavy atom. The number of piperidine rings is 1. The summed E-state index contributed by atoms with van der Waals surface area (Å²) in [5.41, 5.74) is 1.25. The molecule has 0 spiro atoms. The lowest BCUT2D eigenvalue weighted by Gasteiger charge is -2.19. The summed E-state index contributed by atoms with van der Waals surface area (Å²) in [6, 6.07) is 3.51. The molecule has 1 N–H and O–H groups in total. The van der Waals surface area contributed by atoms with E-state index in [9.17, 15) is 4.79 Å². The second-order valence-corrected chi connectivity index (χ2v) is 4.71. The van der Waals surface area contributed by atoms with Gasteiger partial charge in [0, 0.05) is 12.1 Å². The largest absolute Gasteiger partial charge is 0.465 e. The van der Waals surface area contributed by atoms with Gasteiger partial charge in [0.1, 0.15) is 0 Å². The van der Waals surface area contributed by atoms with Gasteiger partial charge in [0.2, 0.25) is 0 Å². The van der Waals surface area contributed by atoms with Crippen LogP contribution in [0.5, 0.6) is 0 Å². The Kier molecular flexibility index (Phi) is 3.16. The van der Waals surface area contributed by atoms with Crippen molar-refractivity contribution in [2.24, 2.45) is 0 Å². The number of hydrogen-bond acceptors (Lipinski definition) is 5. The van der Waals surface area contributed by atoms with Crippen molar-refractivity contribution in [3.8, 4) is 0 Å². The number of aromatic nitrogens is 3. The first-order valence-electron chi connectivity index (χ1n) is 6.43. The van der Waals surface area contributed by atoms with Gasteiger partial charge in [0.15, 0.2) is 11.5 Å². The van der Waals surface area contributed by atoms with Crippen LogP contribution in [0.2, 0.25) is 0 Å². The first-order valence-corrected chi connectivity index (χ1v) is 6.43. The standard InChI is InChI=1S/C13H16N4O2/c1-19-13(18)10-2-3-11-15-12(16-17(11)8-10)9-4-6-14-7-5-9/h2-3,8-9,14H,4-7H2,1H3. The van der Waals surface area contributed by atoms with E-state index in [0.29, 0.717) is 11.5 Å². The lowest BCUT2D eigenvalue weighted by atomic mass is 9.98. The predicted octanol–water partition coefficient (Wildman–Crippen LogP) is 0.983. The van der Waals surface area contributed by atoms with Crippen molar-refractivity contribution in [1.29, 1.82) is 0 Å². The number of fused-ring (bicyclic) bond motifs is 1. The number of esters is 1. The van der Waals surface area contributed by atoms with Crippen molar-refractivity contribution in [1.82, 2.24) is 19.9 Å². The topological polar surface area (TPSA) is 68.5 Å². The van der Waals surface area contributed by atoms with Crippen molar-refractivity contribution in [3.05, 3.63) is 29.7 Å². The SMILES string of the molecule is COC(=O)c1ccc2nc(C3CCNCC3)nn2c1. The number of hydrogen-bond donors (Lipinski definition) is 1. The molecule has 3 rings (SSSR count). The summed E-state index contributed by atoms with van der Waals surface area (Å²) in [5, 5.41) is 7.81. The van der Waals surface area contributed by atoms with E-state index < -0.39 is 0 Å². The van der Waals surface area contributed by atoms with E-state index in [1.54, 1.807) is 22.8 Å². The van der Waals surface area contributed by atoms with E-state index in [1.807, 2.05) is 0 Å². The van der Waals surface area contributed by atoms with Crippen LogP contribution < -0.4 is 5.32 Å². The second kappa shape index (κ2) is 4.97. The fourth-order valence-corrected chi connectivity index (χ4v) is 2.39. The third-order valence-corrected chi connectivity index (χ3v) is 3.47. The molecule has 6 nitrogen and oxygen atoms in total. The summed E-state index contributed by atoms with van der Waals surface area (Å²) in [6.07, 6.45) is 3.78. The number of nitrogens with zero attached hydrogens (tertiary/aromatic N) is 3. The van der Waals surface area contributed by atoms with E-state index in [1.165, 1.54) is 7.11 Å². The van der Waals surface area contributed by atoms with Gasteiger partial charge in [-0.1, -0.05) is 0 Å². The summed E-state index contributed by atoms with van der Waals surface area (Å²) in [4.78, 5) is 16.0. The Morgan fingerprint density at radius 3 is 2.95 bits per heavy atom. The highest BCUT2D eigenvalue weighted by molar-refractivity contribution is 5.89. The maximum absolute atomic E-state index is 11.5. The predicted molar refractivity (Wildman–Crippen MR) is 69.2 cm³/mol. The molecule has 2 aromatic heterocycles. The molecule has 0 bridgehead atoms. The van der Waals surface area contributed by atoms with E-state index >= 15 is 0 Å². The van der Waals surface area contributed by atoms with Crippen molar-refractivity contribution in [2.45, 2.75) is 18.8 Å². The molecule has 1 saturated heterocycles. The highest BCUT2D eigenvalue weighted by Gasteiger charge is 2.20. The summed E-state index contributed by atoms with van der Waals surface area (Å²) in [6.45, 7) is 2.02. The number of ether oxygens (including phenoxy) is 1. The van der Waals surface area contributed by atoms with E-state index in [2.05, 4.69) is 15.4 Å². The van der Waals surface area contributed by atoms with Gasteiger partial charge >= 0.3 is 5.97 Å². The van der Waals surface area contributed by atoms with Crippen molar-refractivity contribution >= 4 is 11.6 Å². The Morgan fingerprint density at radius 2 is 2.21 bits per heavy atom. The van der Waals surface area contributed by atoms with Crippen LogP contribution in [0.25, 0.3) is 5.65 Å². The Balaban J connectivity index is 1.93. The number of carbonyl (C=O) groups is 1. The Bertz CT molecular complexity index is 602. The van der Waals surface area contributed by atoms with Crippen molar-refractivity contribution in [3.63, 3.8) is 0 Å². The van der Waals surface area contributed by atoms with E-state index in [4.69, 9.17) is 4.74 Å². The molecule has 3 heterocycles. The number of pyridine rings is 1. The number of rotatable bonds is 2. The van der Waals surface area contributed by atoms with Gasteiger partial charge in [-0.3, -0.25) is 0 Å². The van der Waals surface area contributed by atoms with Gasteiger partial charge in [0.25, 0.3) is 0 Å². The Hall–Kier alpha value is -1.95. The van der Waals surface area contributed by atoms with E-state index in [-0.39, 0.29) is 5.97 Å². The molecule has 0 amide bonds. The second-order valence-electron chi connectivity index (χ2n) is 4.71. The maximum Gasteiger partial charge on any atom is 0.339 e. The van der Waals surface area contributed by atoms with E-state index in [0.717, 1.165) is 37.4 Å². The summed E-state index contributed by atoms with van der Waals surface area (Å²) < 4.78 is 6.36. The number of methoxy groups -OCH3 is 1. The molecule has 0 aromatic carbocycles. The molecule has 0 unspecified atom stereocenters. The summed E-state index contributed by atoms with van der Waals surface area (Å²) in [5.74, 6) is 0.909. The van der Waals surface area contributed by atoms with Crippen molar-refractivity contribution < 1.29 is 9.53 Å². The minimum Gasteiger partial charge on any atom is -0.465 e. The molecular formula is C13H16N4O2. The van der Waals surface area contributed by atoms with Crippen LogP contribution in [0.3, 0.4) is 0 Å². The minimum atomic E-state index is -0.360. The fourth-order valence-electron chi connectivity index (χ4n) is 2.39. The highest BCUT2D eigenvalue weighted by atomic mass is 16.5. The van der Waals surface area contributed by atoms with Gasteiger partial charge in [-0.05, 0) is 38.1 Å². The zero-order valence-electron chi connectivity index (χ0n) is 10.8. The van der Waals surface area contributed by atoms with Gasteiger partial charge in [0.05, 0.1) is 12.7 Å². The maximum atomic E-state index is 11.5. The molecule has 19 heavy (non-hydrogen) atoms. The molecule has 1 aliphatic rings. The van der Waals surface area contributed by atoms with Crippen LogP contribution in [0.15, 0.2) is 18.3 Å².